The first kappa shape index (κ1) is 33.1. The molecule has 1 saturated heterocycles. The first-order valence-electron chi connectivity index (χ1n) is 12.9. The van der Waals surface area contributed by atoms with Crippen molar-refractivity contribution in [1.82, 2.24) is 9.13 Å². The molecule has 0 saturated carbocycles. The molecule has 2 aromatic rings. The number of allylic oxidation sites excluding steroid dienone is 1. The summed E-state index contributed by atoms with van der Waals surface area (Å²) in [6, 6.07) is 7.77. The number of nitrogens with one attached hydrogen (secondary N) is 1. The monoisotopic (exact) mass is 620 g/mol. The standard InChI is InChI=1S/C26H33N6O8PS/c1-18-16-32(25(36)31(23(18)34)11-8-12-33)22-15-20(28-30-27)21(40-22)17-39-41(37,29-19-9-6-5-7-10-19)38-13-14-42-24(35)26(2,3)4/h5-12,16,20-22H,13-15,17H2,1-4H3,(H,29,37)/b11-8+/t20-,21+,22+,41?/m0/s1. The van der Waals surface area contributed by atoms with E-state index in [1.807, 2.05) is 0 Å². The van der Waals surface area contributed by atoms with Gasteiger partial charge in [0.2, 0.25) is 0 Å². The van der Waals surface area contributed by atoms with Crippen LogP contribution in [0.5, 0.6) is 0 Å². The van der Waals surface area contributed by atoms with Crippen LogP contribution >= 0.6 is 19.5 Å². The molecule has 42 heavy (non-hydrogen) atoms. The van der Waals surface area contributed by atoms with E-state index in [4.69, 9.17) is 19.3 Å². The number of carbonyl (C=O) groups is 2. The highest BCUT2D eigenvalue weighted by atomic mass is 32.2. The van der Waals surface area contributed by atoms with Gasteiger partial charge in [0.15, 0.2) is 5.12 Å². The maximum absolute atomic E-state index is 13.7. The fraction of sp³-hybridized carbons (Fsp3) is 0.462. The highest BCUT2D eigenvalue weighted by Crippen LogP contribution is 2.49. The van der Waals surface area contributed by atoms with E-state index < -0.39 is 42.8 Å². The summed E-state index contributed by atoms with van der Waals surface area (Å²) >= 11 is 1.06. The quantitative estimate of drug-likeness (QED) is 0.0635. The molecule has 14 nitrogen and oxygen atoms in total. The van der Waals surface area contributed by atoms with Crippen LogP contribution in [0, 0.1) is 12.3 Å². The number of aryl methyl sites for hydroxylation is 1. The molecule has 2 heterocycles. The Bertz CT molecular complexity index is 1510. The SMILES string of the molecule is Cc1cn([C@H]2C[C@H](N=[N+]=[N-])[C@@H](COP(=O)(Nc3ccccc3)OCCSC(=O)C(C)(C)C)O2)c(=O)n(/C=C/C=O)c1=O. The number of rotatable bonds is 13. The van der Waals surface area contributed by atoms with Crippen LogP contribution in [-0.2, 0) is 27.9 Å². The van der Waals surface area contributed by atoms with Crippen molar-refractivity contribution in [3.05, 3.63) is 79.4 Å². The number of carbonyl (C=O) groups excluding carboxylic acids is 2. The molecule has 16 heteroatoms. The van der Waals surface area contributed by atoms with Gasteiger partial charge in [0.05, 0.1) is 25.4 Å². The topological polar surface area (TPSA) is 184 Å². The summed E-state index contributed by atoms with van der Waals surface area (Å²) < 4.78 is 33.0. The van der Waals surface area contributed by atoms with Crippen molar-refractivity contribution < 1.29 is 27.9 Å². The molecule has 1 aromatic heterocycles. The Hall–Kier alpha value is -3.45. The summed E-state index contributed by atoms with van der Waals surface area (Å²) in [6.45, 7) is 6.49. The number of anilines is 1. The van der Waals surface area contributed by atoms with Crippen molar-refractivity contribution in [1.29, 1.82) is 0 Å². The number of para-hydroxylation sites is 1. The van der Waals surface area contributed by atoms with Crippen molar-refractivity contribution in [2.45, 2.75) is 52.5 Å². The molecular formula is C26H33N6O8PS. The Morgan fingerprint density at radius 3 is 2.64 bits per heavy atom. The van der Waals surface area contributed by atoms with Crippen molar-refractivity contribution >= 4 is 42.8 Å². The van der Waals surface area contributed by atoms with Crippen LogP contribution in [0.15, 0.2) is 57.3 Å². The minimum Gasteiger partial charge on any atom is -0.352 e. The molecule has 4 atom stereocenters. The van der Waals surface area contributed by atoms with Crippen molar-refractivity contribution in [3.8, 4) is 0 Å². The molecule has 3 rings (SSSR count). The number of thioether (sulfide) groups is 1. The predicted molar refractivity (Wildman–Crippen MR) is 159 cm³/mol. The Morgan fingerprint density at radius 1 is 1.29 bits per heavy atom. The van der Waals surface area contributed by atoms with Crippen LogP contribution in [0.2, 0.25) is 0 Å². The van der Waals surface area contributed by atoms with Gasteiger partial charge >= 0.3 is 13.4 Å². The molecular weight excluding hydrogens is 587 g/mol. The number of nitrogens with zero attached hydrogens (tertiary/aromatic N) is 5. The summed E-state index contributed by atoms with van der Waals surface area (Å²) in [6.07, 6.45) is 1.97. The third-order valence-electron chi connectivity index (χ3n) is 5.98. The normalized spacial score (nSPS) is 20.1. The van der Waals surface area contributed by atoms with E-state index in [1.54, 1.807) is 51.1 Å². The van der Waals surface area contributed by atoms with Crippen molar-refractivity contribution in [3.63, 3.8) is 0 Å². The van der Waals surface area contributed by atoms with E-state index >= 15 is 0 Å². The van der Waals surface area contributed by atoms with Crippen molar-refractivity contribution in [2.75, 3.05) is 24.1 Å². The molecule has 0 spiro atoms. The second-order valence-corrected chi connectivity index (χ2v) is 13.1. The lowest BCUT2D eigenvalue weighted by Gasteiger charge is -2.23. The molecule has 0 radical (unpaired) electrons. The summed E-state index contributed by atoms with van der Waals surface area (Å²) in [4.78, 5) is 51.3. The molecule has 226 valence electrons. The van der Waals surface area contributed by atoms with Gasteiger partial charge in [0.25, 0.3) is 5.56 Å². The maximum Gasteiger partial charge on any atom is 0.432 e. The van der Waals surface area contributed by atoms with Gasteiger partial charge < -0.3 is 4.74 Å². The number of ether oxygens (including phenoxy) is 1. The first-order valence-corrected chi connectivity index (χ1v) is 15.5. The van der Waals surface area contributed by atoms with E-state index in [9.17, 15) is 23.7 Å². The van der Waals surface area contributed by atoms with Crippen LogP contribution in [0.1, 0.15) is 39.0 Å². The van der Waals surface area contributed by atoms with Crippen LogP contribution in [0.4, 0.5) is 5.69 Å². The highest BCUT2D eigenvalue weighted by Gasteiger charge is 2.39. The van der Waals surface area contributed by atoms with Gasteiger partial charge in [0, 0.05) is 46.1 Å². The Labute approximate surface area is 246 Å². The first-order chi connectivity index (χ1) is 19.9. The molecule has 0 bridgehead atoms. The Kier molecular flexibility index (Phi) is 11.5. The Morgan fingerprint density at radius 2 is 2.00 bits per heavy atom. The summed E-state index contributed by atoms with van der Waals surface area (Å²) in [5.74, 6) is 0.236. The molecule has 1 fully saturated rings. The third-order valence-corrected chi connectivity index (χ3v) is 8.77. The molecule has 0 amide bonds. The van der Waals surface area contributed by atoms with Gasteiger partial charge in [-0.3, -0.25) is 33.1 Å². The maximum atomic E-state index is 13.7. The zero-order chi connectivity index (χ0) is 30.9. The molecule has 1 aromatic carbocycles. The smallest absolute Gasteiger partial charge is 0.352 e. The molecule has 0 aliphatic carbocycles. The lowest BCUT2D eigenvalue weighted by molar-refractivity contribution is -0.117. The third kappa shape index (κ3) is 8.78. The van der Waals surface area contributed by atoms with Crippen molar-refractivity contribution in [2.24, 2.45) is 10.5 Å². The van der Waals surface area contributed by atoms with E-state index in [-0.39, 0.29) is 36.1 Å². The van der Waals surface area contributed by atoms with E-state index in [0.29, 0.717) is 12.0 Å². The molecule has 1 N–H and O–H groups in total. The van der Waals surface area contributed by atoms with E-state index in [2.05, 4.69) is 15.1 Å². The zero-order valence-electron chi connectivity index (χ0n) is 23.6. The minimum atomic E-state index is -4.02. The summed E-state index contributed by atoms with van der Waals surface area (Å²) in [5, 5.41) is 6.49. The average Bonchev–Trinajstić information content (AvgIpc) is 3.34. The van der Waals surface area contributed by atoms with Gasteiger partial charge in [-0.25, -0.2) is 13.9 Å². The second-order valence-electron chi connectivity index (χ2n) is 10.3. The molecule has 1 aliphatic heterocycles. The number of azide groups is 1. The second kappa shape index (κ2) is 14.6. The molecule has 1 unspecified atom stereocenters. The fourth-order valence-electron chi connectivity index (χ4n) is 3.86. The Balaban J connectivity index is 1.79. The zero-order valence-corrected chi connectivity index (χ0v) is 25.3. The predicted octanol–water partition coefficient (Wildman–Crippen LogP) is 4.51. The largest absolute Gasteiger partial charge is 0.432 e. The summed E-state index contributed by atoms with van der Waals surface area (Å²) in [5.41, 5.74) is 7.89. The van der Waals surface area contributed by atoms with Crippen LogP contribution in [0.25, 0.3) is 16.6 Å². The number of aldehydes is 1. The highest BCUT2D eigenvalue weighted by molar-refractivity contribution is 8.13. The summed E-state index contributed by atoms with van der Waals surface area (Å²) in [7, 11) is -4.02. The van der Waals surface area contributed by atoms with E-state index in [1.165, 1.54) is 13.1 Å². The van der Waals surface area contributed by atoms with Crippen LogP contribution < -0.4 is 16.3 Å². The lowest BCUT2D eigenvalue weighted by Crippen LogP contribution is -2.39. The average molecular weight is 621 g/mol. The van der Waals surface area contributed by atoms with E-state index in [0.717, 1.165) is 33.2 Å². The minimum absolute atomic E-state index is 0.0427. The lowest BCUT2D eigenvalue weighted by atomic mass is 10.00. The van der Waals surface area contributed by atoms with Gasteiger partial charge in [0.1, 0.15) is 12.5 Å². The number of aromatic nitrogens is 2. The van der Waals surface area contributed by atoms with Crippen LogP contribution in [0.3, 0.4) is 0 Å². The van der Waals surface area contributed by atoms with Gasteiger partial charge in [-0.15, -0.1) is 0 Å². The fourth-order valence-corrected chi connectivity index (χ4v) is 6.11. The number of benzene rings is 1. The van der Waals surface area contributed by atoms with Crippen LogP contribution in [-0.4, -0.2) is 51.6 Å². The van der Waals surface area contributed by atoms with Gasteiger partial charge in [-0.1, -0.05) is 55.8 Å². The number of hydrogen-bond donors (Lipinski definition) is 1. The molecule has 1 aliphatic rings. The van der Waals surface area contributed by atoms with Gasteiger partial charge in [-0.05, 0) is 30.7 Å². The van der Waals surface area contributed by atoms with Gasteiger partial charge in [-0.2, -0.15) is 0 Å². The number of hydrogen-bond acceptors (Lipinski definition) is 10.